The zero-order valence-corrected chi connectivity index (χ0v) is 7.73. The van der Waals surface area contributed by atoms with Crippen LogP contribution in [-0.4, -0.2) is 12.0 Å². The highest BCUT2D eigenvalue weighted by atomic mass is 19.1. The Morgan fingerprint density at radius 2 is 1.73 bits per heavy atom. The van der Waals surface area contributed by atoms with Gasteiger partial charge in [-0.3, -0.25) is 4.79 Å². The minimum Gasteiger partial charge on any atom is -0.296 e. The first-order valence-electron chi connectivity index (χ1n) is 4.12. The van der Waals surface area contributed by atoms with Gasteiger partial charge in [-0.05, 0) is 11.8 Å². The SMILES string of the molecule is CC(C)CC(=O)[C@@H](F)C(C)C. The van der Waals surface area contributed by atoms with Crippen LogP contribution in [0.25, 0.3) is 0 Å². The Balaban J connectivity index is 3.83. The second-order valence-electron chi connectivity index (χ2n) is 3.71. The van der Waals surface area contributed by atoms with Gasteiger partial charge >= 0.3 is 0 Å². The molecular weight excluding hydrogens is 143 g/mol. The Labute approximate surface area is 68.0 Å². The maximum Gasteiger partial charge on any atom is 0.167 e. The minimum atomic E-state index is -1.27. The smallest absolute Gasteiger partial charge is 0.167 e. The monoisotopic (exact) mass is 160 g/mol. The van der Waals surface area contributed by atoms with Gasteiger partial charge in [0.25, 0.3) is 0 Å². The second kappa shape index (κ2) is 4.47. The Morgan fingerprint density at radius 1 is 1.27 bits per heavy atom. The van der Waals surface area contributed by atoms with E-state index in [2.05, 4.69) is 0 Å². The molecule has 0 fully saturated rings. The van der Waals surface area contributed by atoms with Gasteiger partial charge in [-0.25, -0.2) is 4.39 Å². The van der Waals surface area contributed by atoms with Gasteiger partial charge < -0.3 is 0 Å². The lowest BCUT2D eigenvalue weighted by molar-refractivity contribution is -0.125. The highest BCUT2D eigenvalue weighted by molar-refractivity contribution is 5.83. The third kappa shape index (κ3) is 4.12. The molecule has 0 aliphatic carbocycles. The summed E-state index contributed by atoms with van der Waals surface area (Å²) in [5.41, 5.74) is 0. The number of ketones is 1. The fraction of sp³-hybridized carbons (Fsp3) is 0.889. The van der Waals surface area contributed by atoms with Crippen LogP contribution in [0.5, 0.6) is 0 Å². The molecule has 1 nitrogen and oxygen atoms in total. The Hall–Kier alpha value is -0.400. The third-order valence-corrected chi connectivity index (χ3v) is 1.50. The van der Waals surface area contributed by atoms with Gasteiger partial charge in [0.05, 0.1) is 0 Å². The average molecular weight is 160 g/mol. The van der Waals surface area contributed by atoms with Crippen molar-refractivity contribution < 1.29 is 9.18 Å². The first-order chi connectivity index (χ1) is 4.95. The Morgan fingerprint density at radius 3 is 2.00 bits per heavy atom. The van der Waals surface area contributed by atoms with Crippen molar-refractivity contribution in [3.63, 3.8) is 0 Å². The van der Waals surface area contributed by atoms with E-state index < -0.39 is 6.17 Å². The minimum absolute atomic E-state index is 0.179. The van der Waals surface area contributed by atoms with Crippen molar-refractivity contribution in [1.29, 1.82) is 0 Å². The van der Waals surface area contributed by atoms with E-state index in [1.807, 2.05) is 13.8 Å². The van der Waals surface area contributed by atoms with Crippen molar-refractivity contribution in [3.8, 4) is 0 Å². The molecule has 0 aromatic carbocycles. The maximum absolute atomic E-state index is 12.9. The summed E-state index contributed by atoms with van der Waals surface area (Å²) in [7, 11) is 0. The van der Waals surface area contributed by atoms with Crippen LogP contribution in [0, 0.1) is 11.8 Å². The van der Waals surface area contributed by atoms with Gasteiger partial charge in [-0.1, -0.05) is 27.7 Å². The molecule has 0 aromatic rings. The Kier molecular flexibility index (Phi) is 4.31. The molecule has 0 spiro atoms. The summed E-state index contributed by atoms with van der Waals surface area (Å²) >= 11 is 0. The first kappa shape index (κ1) is 10.6. The summed E-state index contributed by atoms with van der Waals surface area (Å²) in [6.45, 7) is 7.29. The van der Waals surface area contributed by atoms with Crippen molar-refractivity contribution >= 4 is 5.78 Å². The first-order valence-corrected chi connectivity index (χ1v) is 4.12. The molecule has 0 unspecified atom stereocenters. The maximum atomic E-state index is 12.9. The van der Waals surface area contributed by atoms with Gasteiger partial charge in [-0.15, -0.1) is 0 Å². The molecule has 2 heteroatoms. The molecule has 0 heterocycles. The quantitative estimate of drug-likeness (QED) is 0.617. The molecule has 11 heavy (non-hydrogen) atoms. The van der Waals surface area contributed by atoms with Crippen LogP contribution in [-0.2, 0) is 4.79 Å². The zero-order valence-electron chi connectivity index (χ0n) is 7.73. The van der Waals surface area contributed by atoms with Gasteiger partial charge in [0.1, 0.15) is 0 Å². The topological polar surface area (TPSA) is 17.1 Å². The lowest BCUT2D eigenvalue weighted by Crippen LogP contribution is -2.22. The van der Waals surface area contributed by atoms with E-state index in [0.29, 0.717) is 6.42 Å². The fourth-order valence-corrected chi connectivity index (χ4v) is 0.887. The van der Waals surface area contributed by atoms with Crippen molar-refractivity contribution in [2.45, 2.75) is 40.3 Å². The molecular formula is C9H17FO. The summed E-state index contributed by atoms with van der Waals surface area (Å²) in [5.74, 6) is -0.171. The van der Waals surface area contributed by atoms with E-state index in [0.717, 1.165) is 0 Å². The normalized spacial score (nSPS) is 14.1. The van der Waals surface area contributed by atoms with Crippen molar-refractivity contribution in [1.82, 2.24) is 0 Å². The van der Waals surface area contributed by atoms with Crippen LogP contribution in [0.1, 0.15) is 34.1 Å². The molecule has 0 bridgehead atoms. The number of Topliss-reactive ketones (excluding diaryl/α,β-unsaturated/α-hetero) is 1. The highest BCUT2D eigenvalue weighted by Gasteiger charge is 2.21. The number of carbonyl (C=O) groups is 1. The third-order valence-electron chi connectivity index (χ3n) is 1.50. The van der Waals surface area contributed by atoms with Crippen molar-refractivity contribution in [3.05, 3.63) is 0 Å². The molecule has 0 aliphatic heterocycles. The van der Waals surface area contributed by atoms with Crippen LogP contribution in [0.3, 0.4) is 0 Å². The Bertz CT molecular complexity index is 130. The molecule has 0 radical (unpaired) electrons. The summed E-state index contributed by atoms with van der Waals surface area (Å²) in [6.07, 6.45) is -0.906. The second-order valence-corrected chi connectivity index (χ2v) is 3.71. The summed E-state index contributed by atoms with van der Waals surface area (Å²) in [5, 5.41) is 0. The molecule has 0 saturated heterocycles. The molecule has 0 saturated carbocycles. The van der Waals surface area contributed by atoms with E-state index in [1.54, 1.807) is 13.8 Å². The number of rotatable bonds is 4. The summed E-state index contributed by atoms with van der Waals surface area (Å²) < 4.78 is 12.9. The van der Waals surface area contributed by atoms with E-state index in [1.165, 1.54) is 0 Å². The van der Waals surface area contributed by atoms with Crippen LogP contribution >= 0.6 is 0 Å². The van der Waals surface area contributed by atoms with E-state index in [9.17, 15) is 9.18 Å². The van der Waals surface area contributed by atoms with E-state index >= 15 is 0 Å². The lowest BCUT2D eigenvalue weighted by Gasteiger charge is -2.11. The largest absolute Gasteiger partial charge is 0.296 e. The highest BCUT2D eigenvalue weighted by Crippen LogP contribution is 2.12. The molecule has 0 aromatic heterocycles. The molecule has 0 aliphatic rings. The van der Waals surface area contributed by atoms with Crippen LogP contribution in [0.15, 0.2) is 0 Å². The number of halogens is 1. The van der Waals surface area contributed by atoms with Gasteiger partial charge in [-0.2, -0.15) is 0 Å². The lowest BCUT2D eigenvalue weighted by atomic mass is 9.98. The van der Waals surface area contributed by atoms with Crippen LogP contribution < -0.4 is 0 Å². The van der Waals surface area contributed by atoms with E-state index in [-0.39, 0.29) is 17.6 Å². The van der Waals surface area contributed by atoms with Gasteiger partial charge in [0.15, 0.2) is 12.0 Å². The fourth-order valence-electron chi connectivity index (χ4n) is 0.887. The summed E-state index contributed by atoms with van der Waals surface area (Å²) in [4.78, 5) is 11.0. The number of carbonyl (C=O) groups excluding carboxylic acids is 1. The number of hydrogen-bond donors (Lipinski definition) is 0. The average Bonchev–Trinajstić information content (AvgIpc) is 1.84. The zero-order chi connectivity index (χ0) is 9.02. The summed E-state index contributed by atoms with van der Waals surface area (Å²) in [6, 6.07) is 0. The standard InChI is InChI=1S/C9H17FO/c1-6(2)5-8(11)9(10)7(3)4/h6-7,9H,5H2,1-4H3/t9-/m0/s1. The molecule has 1 atom stereocenters. The molecule has 0 N–H and O–H groups in total. The van der Waals surface area contributed by atoms with Crippen LogP contribution in [0.2, 0.25) is 0 Å². The molecule has 66 valence electrons. The predicted octanol–water partition coefficient (Wildman–Crippen LogP) is 2.60. The molecule has 0 rings (SSSR count). The van der Waals surface area contributed by atoms with Crippen molar-refractivity contribution in [2.75, 3.05) is 0 Å². The van der Waals surface area contributed by atoms with Gasteiger partial charge in [0.2, 0.25) is 0 Å². The van der Waals surface area contributed by atoms with Crippen molar-refractivity contribution in [2.24, 2.45) is 11.8 Å². The predicted molar refractivity (Wildman–Crippen MR) is 44.2 cm³/mol. The number of alkyl halides is 1. The van der Waals surface area contributed by atoms with Gasteiger partial charge in [0, 0.05) is 6.42 Å². The van der Waals surface area contributed by atoms with E-state index in [4.69, 9.17) is 0 Å². The molecule has 0 amide bonds. The number of hydrogen-bond acceptors (Lipinski definition) is 1. The van der Waals surface area contributed by atoms with Crippen LogP contribution in [0.4, 0.5) is 4.39 Å².